The number of esters is 1. The summed E-state index contributed by atoms with van der Waals surface area (Å²) in [6, 6.07) is 14.5. The third-order valence-corrected chi connectivity index (χ3v) is 5.44. The normalized spacial score (nSPS) is 21.1. The molecule has 148 valence electrons. The predicted molar refractivity (Wildman–Crippen MR) is 111 cm³/mol. The molecule has 1 aliphatic carbocycles. The lowest BCUT2D eigenvalue weighted by Crippen LogP contribution is -2.29. The average molecular weight is 381 g/mol. The number of methoxy groups -OCH3 is 1. The maximum absolute atomic E-state index is 13.8. The number of allylic oxidation sites excluding steroid dienone is 1. The molecule has 3 rings (SSSR count). The van der Waals surface area contributed by atoms with Gasteiger partial charge in [0.1, 0.15) is 5.82 Å². The molecule has 2 atom stereocenters. The molecule has 0 bridgehead atoms. The summed E-state index contributed by atoms with van der Waals surface area (Å²) in [7, 11) is 5.57. The van der Waals surface area contributed by atoms with Crippen molar-refractivity contribution in [3.8, 4) is 0 Å². The number of hydrogen-bond acceptors (Lipinski definition) is 3. The number of rotatable bonds is 5. The third-order valence-electron chi connectivity index (χ3n) is 5.44. The van der Waals surface area contributed by atoms with Crippen molar-refractivity contribution >= 4 is 12.0 Å². The number of ether oxygens (including phenoxy) is 1. The van der Waals surface area contributed by atoms with Crippen molar-refractivity contribution in [1.29, 1.82) is 0 Å². The highest BCUT2D eigenvalue weighted by atomic mass is 19.1. The fourth-order valence-electron chi connectivity index (χ4n) is 4.18. The van der Waals surface area contributed by atoms with Gasteiger partial charge in [0, 0.05) is 6.54 Å². The van der Waals surface area contributed by atoms with Crippen molar-refractivity contribution in [3.05, 3.63) is 76.6 Å². The minimum Gasteiger partial charge on any atom is -0.465 e. The van der Waals surface area contributed by atoms with Crippen LogP contribution in [0.1, 0.15) is 46.7 Å². The van der Waals surface area contributed by atoms with Gasteiger partial charge < -0.3 is 9.64 Å². The molecule has 2 aromatic rings. The van der Waals surface area contributed by atoms with Gasteiger partial charge in [0.05, 0.1) is 12.7 Å². The average Bonchev–Trinajstić information content (AvgIpc) is 2.68. The molecule has 0 unspecified atom stereocenters. The topological polar surface area (TPSA) is 29.5 Å². The Labute approximate surface area is 166 Å². The summed E-state index contributed by atoms with van der Waals surface area (Å²) in [5.41, 5.74) is 3.97. The molecule has 0 heterocycles. The summed E-state index contributed by atoms with van der Waals surface area (Å²) >= 11 is 0. The highest BCUT2D eigenvalue weighted by Crippen LogP contribution is 2.41. The van der Waals surface area contributed by atoms with Crippen LogP contribution in [-0.4, -0.2) is 38.6 Å². The molecule has 2 aromatic carbocycles. The van der Waals surface area contributed by atoms with E-state index in [1.165, 1.54) is 18.7 Å². The van der Waals surface area contributed by atoms with Gasteiger partial charge >= 0.3 is 5.97 Å². The Kier molecular flexibility index (Phi) is 6.63. The van der Waals surface area contributed by atoms with Gasteiger partial charge in [0.2, 0.25) is 0 Å². The second kappa shape index (κ2) is 9.16. The lowest BCUT2D eigenvalue weighted by Gasteiger charge is -2.35. The lowest BCUT2D eigenvalue weighted by atomic mass is 9.73. The zero-order valence-corrected chi connectivity index (χ0v) is 16.8. The Morgan fingerprint density at radius 1 is 1.21 bits per heavy atom. The van der Waals surface area contributed by atoms with Crippen LogP contribution >= 0.6 is 0 Å². The van der Waals surface area contributed by atoms with E-state index in [1.807, 2.05) is 24.3 Å². The van der Waals surface area contributed by atoms with Gasteiger partial charge in [0.25, 0.3) is 0 Å². The molecule has 1 saturated carbocycles. The van der Waals surface area contributed by atoms with E-state index in [4.69, 9.17) is 4.74 Å². The smallest absolute Gasteiger partial charge is 0.337 e. The molecular weight excluding hydrogens is 353 g/mol. The van der Waals surface area contributed by atoms with Crippen LogP contribution in [-0.2, 0) is 4.74 Å². The summed E-state index contributed by atoms with van der Waals surface area (Å²) in [5, 5.41) is 0. The first kappa shape index (κ1) is 20.3. The molecule has 0 aromatic heterocycles. The Bertz CT molecular complexity index is 859. The summed E-state index contributed by atoms with van der Waals surface area (Å²) < 4.78 is 18.7. The van der Waals surface area contributed by atoms with Crippen molar-refractivity contribution in [1.82, 2.24) is 4.90 Å². The summed E-state index contributed by atoms with van der Waals surface area (Å²) in [6.45, 7) is 0.992. The van der Waals surface area contributed by atoms with Crippen molar-refractivity contribution in [2.75, 3.05) is 27.7 Å². The highest BCUT2D eigenvalue weighted by Gasteiger charge is 2.29. The van der Waals surface area contributed by atoms with E-state index in [0.717, 1.165) is 36.9 Å². The molecule has 0 spiro atoms. The van der Waals surface area contributed by atoms with Crippen molar-refractivity contribution in [2.45, 2.75) is 25.2 Å². The number of benzene rings is 2. The maximum atomic E-state index is 13.8. The summed E-state index contributed by atoms with van der Waals surface area (Å²) in [5.74, 6) is 0.285. The van der Waals surface area contributed by atoms with E-state index in [-0.39, 0.29) is 11.8 Å². The van der Waals surface area contributed by atoms with Crippen LogP contribution in [0.5, 0.6) is 0 Å². The molecule has 0 saturated heterocycles. The molecule has 0 amide bonds. The second-order valence-electron chi connectivity index (χ2n) is 7.85. The van der Waals surface area contributed by atoms with Gasteiger partial charge in [-0.15, -0.1) is 0 Å². The molecule has 0 radical (unpaired) electrons. The molecule has 28 heavy (non-hydrogen) atoms. The van der Waals surface area contributed by atoms with Gasteiger partial charge in [-0.25, -0.2) is 9.18 Å². The largest absolute Gasteiger partial charge is 0.465 e. The number of halogens is 1. The Morgan fingerprint density at radius 2 is 2.00 bits per heavy atom. The minimum atomic E-state index is -0.326. The summed E-state index contributed by atoms with van der Waals surface area (Å²) in [6.07, 6.45) is 5.17. The van der Waals surface area contributed by atoms with Gasteiger partial charge in [-0.05, 0) is 80.6 Å². The highest BCUT2D eigenvalue weighted by molar-refractivity contribution is 5.90. The van der Waals surface area contributed by atoms with E-state index < -0.39 is 0 Å². The fraction of sp³-hybridized carbons (Fsp3) is 0.375. The third kappa shape index (κ3) is 5.08. The molecule has 3 nitrogen and oxygen atoms in total. The van der Waals surface area contributed by atoms with Crippen LogP contribution in [0.15, 0.2) is 54.1 Å². The summed E-state index contributed by atoms with van der Waals surface area (Å²) in [4.78, 5) is 14.0. The standard InChI is InChI=1S/C24H28FNO2/c1-26(2)16-21-11-10-18(14-23(21)19-7-5-9-22(25)15-19)12-17-6-4-8-20(13-17)24(27)28-3/h4-9,12-13,15,21,23H,10-11,14,16H2,1-3H3/b18-12+/t21-,23+/m1/s1. The van der Waals surface area contributed by atoms with Gasteiger partial charge in [-0.2, -0.15) is 0 Å². The SMILES string of the molecule is COC(=O)c1cccc(/C=C2\CC[C@H](CN(C)C)[C@H](c3cccc(F)c3)C2)c1. The minimum absolute atomic E-state index is 0.178. The van der Waals surface area contributed by atoms with Crippen LogP contribution in [0.4, 0.5) is 4.39 Å². The van der Waals surface area contributed by atoms with Crippen molar-refractivity contribution in [2.24, 2.45) is 5.92 Å². The first-order chi connectivity index (χ1) is 13.5. The van der Waals surface area contributed by atoms with Crippen LogP contribution in [0.3, 0.4) is 0 Å². The van der Waals surface area contributed by atoms with Crippen molar-refractivity contribution in [3.63, 3.8) is 0 Å². The van der Waals surface area contributed by atoms with Gasteiger partial charge in [-0.1, -0.05) is 35.9 Å². The molecule has 4 heteroatoms. The molecular formula is C24H28FNO2. The van der Waals surface area contributed by atoms with E-state index >= 15 is 0 Å². The van der Waals surface area contributed by atoms with E-state index in [0.29, 0.717) is 17.4 Å². The van der Waals surface area contributed by atoms with Crippen molar-refractivity contribution < 1.29 is 13.9 Å². The maximum Gasteiger partial charge on any atom is 0.337 e. The molecule has 1 fully saturated rings. The predicted octanol–water partition coefficient (Wildman–Crippen LogP) is 5.14. The van der Waals surface area contributed by atoms with E-state index in [9.17, 15) is 9.18 Å². The first-order valence-corrected chi connectivity index (χ1v) is 9.74. The van der Waals surface area contributed by atoms with Crippen LogP contribution in [0.2, 0.25) is 0 Å². The molecule has 0 N–H and O–H groups in total. The molecule has 1 aliphatic rings. The number of nitrogens with zero attached hydrogens (tertiary/aromatic N) is 1. The fourth-order valence-corrected chi connectivity index (χ4v) is 4.18. The number of carbonyl (C=O) groups is 1. The molecule has 0 aliphatic heterocycles. The van der Waals surface area contributed by atoms with Crippen LogP contribution < -0.4 is 0 Å². The quantitative estimate of drug-likeness (QED) is 0.672. The Balaban J connectivity index is 1.86. The van der Waals surface area contributed by atoms with E-state index in [2.05, 4.69) is 25.1 Å². The number of carbonyl (C=O) groups excluding carboxylic acids is 1. The van der Waals surface area contributed by atoms with E-state index in [1.54, 1.807) is 18.2 Å². The lowest BCUT2D eigenvalue weighted by molar-refractivity contribution is 0.0600. The Hall–Kier alpha value is -2.46. The zero-order valence-electron chi connectivity index (χ0n) is 16.8. The van der Waals surface area contributed by atoms with Gasteiger partial charge in [0.15, 0.2) is 0 Å². The monoisotopic (exact) mass is 381 g/mol. The number of hydrogen-bond donors (Lipinski definition) is 0. The second-order valence-corrected chi connectivity index (χ2v) is 7.85. The first-order valence-electron chi connectivity index (χ1n) is 9.74. The van der Waals surface area contributed by atoms with Crippen LogP contribution in [0.25, 0.3) is 6.08 Å². The van der Waals surface area contributed by atoms with Crippen LogP contribution in [0, 0.1) is 11.7 Å². The van der Waals surface area contributed by atoms with Gasteiger partial charge in [-0.3, -0.25) is 0 Å². The Morgan fingerprint density at radius 3 is 2.71 bits per heavy atom. The zero-order chi connectivity index (χ0) is 20.1.